The van der Waals surface area contributed by atoms with Crippen molar-refractivity contribution >= 4 is 39.8 Å². The van der Waals surface area contributed by atoms with E-state index in [0.717, 1.165) is 22.2 Å². The first-order valence-corrected chi connectivity index (χ1v) is 9.17. The molecular weight excluding hydrogens is 372 g/mol. The molecule has 6 heteroatoms. The molecular formula is C22H17ClN4O. The smallest absolute Gasteiger partial charge is 0.274 e. The van der Waals surface area contributed by atoms with Gasteiger partial charge in [0, 0.05) is 23.2 Å². The van der Waals surface area contributed by atoms with Crippen LogP contribution in [0.4, 0.5) is 11.4 Å². The molecule has 0 atom stereocenters. The van der Waals surface area contributed by atoms with Crippen LogP contribution in [-0.4, -0.2) is 15.9 Å². The van der Waals surface area contributed by atoms with Crippen LogP contribution < -0.4 is 10.6 Å². The molecule has 2 aromatic carbocycles. The fraction of sp³-hybridized carbons (Fsp3) is 0.0455. The number of aromatic nitrogens is 2. The van der Waals surface area contributed by atoms with Gasteiger partial charge in [-0.25, -0.2) is 4.98 Å². The molecule has 0 bridgehead atoms. The van der Waals surface area contributed by atoms with E-state index >= 15 is 0 Å². The summed E-state index contributed by atoms with van der Waals surface area (Å²) in [4.78, 5) is 21.2. The van der Waals surface area contributed by atoms with Crippen molar-refractivity contribution in [1.29, 1.82) is 0 Å². The summed E-state index contributed by atoms with van der Waals surface area (Å²) in [6.45, 7) is 0.578. The lowest BCUT2D eigenvalue weighted by Crippen LogP contribution is -2.14. The van der Waals surface area contributed by atoms with E-state index in [1.165, 1.54) is 0 Å². The van der Waals surface area contributed by atoms with Crippen LogP contribution in [0.5, 0.6) is 0 Å². The van der Waals surface area contributed by atoms with Gasteiger partial charge in [0.15, 0.2) is 0 Å². The third kappa shape index (κ3) is 3.94. The molecule has 138 valence electrons. The summed E-state index contributed by atoms with van der Waals surface area (Å²) in [7, 11) is 0. The molecule has 28 heavy (non-hydrogen) atoms. The summed E-state index contributed by atoms with van der Waals surface area (Å²) >= 11 is 6.16. The molecule has 0 aliphatic rings. The normalized spacial score (nSPS) is 10.6. The van der Waals surface area contributed by atoms with E-state index in [-0.39, 0.29) is 5.91 Å². The molecule has 4 rings (SSSR count). The number of hydrogen-bond acceptors (Lipinski definition) is 4. The Morgan fingerprint density at radius 2 is 1.79 bits per heavy atom. The van der Waals surface area contributed by atoms with E-state index in [1.54, 1.807) is 18.5 Å². The highest BCUT2D eigenvalue weighted by atomic mass is 35.5. The van der Waals surface area contributed by atoms with E-state index in [9.17, 15) is 4.79 Å². The molecule has 5 nitrogen and oxygen atoms in total. The highest BCUT2D eigenvalue weighted by molar-refractivity contribution is 6.31. The lowest BCUT2D eigenvalue weighted by molar-refractivity contribution is 0.102. The molecule has 0 unspecified atom stereocenters. The summed E-state index contributed by atoms with van der Waals surface area (Å²) in [6.07, 6.45) is 3.34. The maximum Gasteiger partial charge on any atom is 0.274 e. The van der Waals surface area contributed by atoms with Crippen LogP contribution in [0.15, 0.2) is 79.1 Å². The van der Waals surface area contributed by atoms with Gasteiger partial charge in [0.2, 0.25) is 0 Å². The van der Waals surface area contributed by atoms with Gasteiger partial charge in [-0.1, -0.05) is 48.0 Å². The molecule has 4 aromatic rings. The molecule has 2 N–H and O–H groups in total. The lowest BCUT2D eigenvalue weighted by atomic mass is 10.2. The third-order valence-electron chi connectivity index (χ3n) is 4.32. The molecule has 0 aliphatic heterocycles. The Kier molecular flexibility index (Phi) is 5.17. The summed E-state index contributed by atoms with van der Waals surface area (Å²) in [5, 5.41) is 7.81. The number of anilines is 2. The maximum absolute atomic E-state index is 12.6. The third-order valence-corrected chi connectivity index (χ3v) is 4.69. The number of hydrogen-bond donors (Lipinski definition) is 2. The fourth-order valence-corrected chi connectivity index (χ4v) is 3.07. The highest BCUT2D eigenvalue weighted by Crippen LogP contribution is 2.21. The first kappa shape index (κ1) is 17.9. The van der Waals surface area contributed by atoms with Gasteiger partial charge in [0.05, 0.1) is 23.1 Å². The number of fused-ring (bicyclic) bond motifs is 1. The van der Waals surface area contributed by atoms with Crippen LogP contribution in [0, 0.1) is 0 Å². The number of halogens is 1. The SMILES string of the molecule is O=C(Nc1cccc2cccnc12)c1ccc(NCc2ccccc2Cl)cn1. The van der Waals surface area contributed by atoms with Gasteiger partial charge in [-0.3, -0.25) is 9.78 Å². The Morgan fingerprint density at radius 1 is 0.929 bits per heavy atom. The van der Waals surface area contributed by atoms with E-state index in [0.29, 0.717) is 22.9 Å². The summed E-state index contributed by atoms with van der Waals surface area (Å²) in [6, 6.07) is 20.6. The number of benzene rings is 2. The van der Waals surface area contributed by atoms with E-state index in [2.05, 4.69) is 20.6 Å². The zero-order chi connectivity index (χ0) is 19.3. The van der Waals surface area contributed by atoms with Gasteiger partial charge in [0.25, 0.3) is 5.91 Å². The van der Waals surface area contributed by atoms with Crippen molar-refractivity contribution in [2.75, 3.05) is 10.6 Å². The highest BCUT2D eigenvalue weighted by Gasteiger charge is 2.10. The van der Waals surface area contributed by atoms with Crippen molar-refractivity contribution in [3.8, 4) is 0 Å². The molecule has 0 radical (unpaired) electrons. The van der Waals surface area contributed by atoms with Gasteiger partial charge in [0.1, 0.15) is 5.69 Å². The van der Waals surface area contributed by atoms with Crippen molar-refractivity contribution < 1.29 is 4.79 Å². The van der Waals surface area contributed by atoms with Crippen LogP contribution in [-0.2, 0) is 6.54 Å². The molecule has 0 saturated heterocycles. The summed E-state index contributed by atoms with van der Waals surface area (Å²) in [5.74, 6) is -0.282. The van der Waals surface area contributed by atoms with Crippen LogP contribution >= 0.6 is 11.6 Å². The molecule has 2 aromatic heterocycles. The second-order valence-corrected chi connectivity index (χ2v) is 6.62. The molecule has 0 spiro atoms. The van der Waals surface area contributed by atoms with Gasteiger partial charge in [-0.05, 0) is 35.9 Å². The van der Waals surface area contributed by atoms with Gasteiger partial charge >= 0.3 is 0 Å². The lowest BCUT2D eigenvalue weighted by Gasteiger charge is -2.09. The largest absolute Gasteiger partial charge is 0.380 e. The number of nitrogens with one attached hydrogen (secondary N) is 2. The van der Waals surface area contributed by atoms with E-state index in [1.807, 2.05) is 60.7 Å². The minimum atomic E-state index is -0.282. The molecule has 2 heterocycles. The van der Waals surface area contributed by atoms with Crippen LogP contribution in [0.2, 0.25) is 5.02 Å². The van der Waals surface area contributed by atoms with Gasteiger partial charge in [-0.15, -0.1) is 0 Å². The second kappa shape index (κ2) is 8.06. The molecule has 0 aliphatic carbocycles. The Balaban J connectivity index is 1.44. The number of nitrogens with zero attached hydrogens (tertiary/aromatic N) is 2. The minimum Gasteiger partial charge on any atom is -0.380 e. The number of carbonyl (C=O) groups excluding carboxylic acids is 1. The van der Waals surface area contributed by atoms with Crippen LogP contribution in [0.3, 0.4) is 0 Å². The zero-order valence-corrected chi connectivity index (χ0v) is 15.6. The Morgan fingerprint density at radius 3 is 2.61 bits per heavy atom. The van der Waals surface area contributed by atoms with Crippen LogP contribution in [0.25, 0.3) is 10.9 Å². The Labute approximate surface area is 167 Å². The van der Waals surface area contributed by atoms with Crippen molar-refractivity contribution in [2.45, 2.75) is 6.54 Å². The average molecular weight is 389 g/mol. The predicted molar refractivity (Wildman–Crippen MR) is 113 cm³/mol. The monoisotopic (exact) mass is 388 g/mol. The predicted octanol–water partition coefficient (Wildman–Crippen LogP) is 5.15. The Bertz CT molecular complexity index is 1120. The van der Waals surface area contributed by atoms with E-state index in [4.69, 9.17) is 11.6 Å². The number of para-hydroxylation sites is 1. The van der Waals surface area contributed by atoms with Crippen molar-refractivity contribution in [2.24, 2.45) is 0 Å². The van der Waals surface area contributed by atoms with E-state index < -0.39 is 0 Å². The molecule has 0 fully saturated rings. The van der Waals surface area contributed by atoms with Crippen molar-refractivity contribution in [3.05, 3.63) is 95.4 Å². The minimum absolute atomic E-state index is 0.282. The van der Waals surface area contributed by atoms with Crippen molar-refractivity contribution in [1.82, 2.24) is 9.97 Å². The quantitative estimate of drug-likeness (QED) is 0.496. The molecule has 0 saturated carbocycles. The van der Waals surface area contributed by atoms with Crippen LogP contribution in [0.1, 0.15) is 16.1 Å². The standard InChI is InChI=1S/C22H17ClN4O/c23-18-8-2-1-5-16(18)13-25-17-10-11-20(26-14-17)22(28)27-19-9-3-6-15-7-4-12-24-21(15)19/h1-12,14,25H,13H2,(H,27,28). The number of amides is 1. The number of pyridine rings is 2. The topological polar surface area (TPSA) is 66.9 Å². The Hall–Kier alpha value is -3.44. The average Bonchev–Trinajstić information content (AvgIpc) is 2.74. The maximum atomic E-state index is 12.6. The van der Waals surface area contributed by atoms with Crippen molar-refractivity contribution in [3.63, 3.8) is 0 Å². The number of carbonyl (C=O) groups is 1. The first-order chi connectivity index (χ1) is 13.7. The zero-order valence-electron chi connectivity index (χ0n) is 14.9. The summed E-state index contributed by atoms with van der Waals surface area (Å²) < 4.78 is 0. The summed E-state index contributed by atoms with van der Waals surface area (Å²) in [5.41, 5.74) is 3.54. The van der Waals surface area contributed by atoms with Gasteiger partial charge in [-0.2, -0.15) is 0 Å². The second-order valence-electron chi connectivity index (χ2n) is 6.21. The first-order valence-electron chi connectivity index (χ1n) is 8.79. The fourth-order valence-electron chi connectivity index (χ4n) is 2.86. The molecule has 1 amide bonds. The number of rotatable bonds is 5. The van der Waals surface area contributed by atoms with Gasteiger partial charge < -0.3 is 10.6 Å².